The summed E-state index contributed by atoms with van der Waals surface area (Å²) in [6, 6.07) is 18.4. The van der Waals surface area contributed by atoms with Crippen molar-refractivity contribution in [3.8, 4) is 0 Å². The van der Waals surface area contributed by atoms with E-state index in [1.165, 1.54) is 98.0 Å². The first kappa shape index (κ1) is 20.5. The average molecular weight is 403 g/mol. The van der Waals surface area contributed by atoms with Crippen molar-refractivity contribution in [1.29, 1.82) is 0 Å². The Hall–Kier alpha value is -1.73. The van der Waals surface area contributed by atoms with Gasteiger partial charge in [0.25, 0.3) is 0 Å². The Kier molecular flexibility index (Phi) is 7.70. The molecule has 0 aliphatic heterocycles. The van der Waals surface area contributed by atoms with Crippen molar-refractivity contribution in [3.05, 3.63) is 71.8 Å². The van der Waals surface area contributed by atoms with E-state index in [2.05, 4.69) is 60.7 Å². The van der Waals surface area contributed by atoms with E-state index >= 15 is 0 Å². The standard InChI is InChI=1S/C28H34S/c1-3-7-13-23(14-8-4-1)25-17-11-19-27(21-25)29-28-20-12-18-26(22-28)24-15-9-5-2-6-10-16-24/h11-13,15,17-22H,1-10,14,16H2. The van der Waals surface area contributed by atoms with E-state index in [-0.39, 0.29) is 0 Å². The monoisotopic (exact) mass is 402 g/mol. The van der Waals surface area contributed by atoms with Crippen LogP contribution >= 0.6 is 11.8 Å². The molecule has 1 heteroatoms. The second-order valence-electron chi connectivity index (χ2n) is 8.52. The van der Waals surface area contributed by atoms with Crippen LogP contribution in [-0.4, -0.2) is 0 Å². The molecule has 0 radical (unpaired) electrons. The molecule has 0 saturated heterocycles. The zero-order chi connectivity index (χ0) is 19.7. The van der Waals surface area contributed by atoms with Crippen LogP contribution < -0.4 is 0 Å². The van der Waals surface area contributed by atoms with E-state index in [0.29, 0.717) is 0 Å². The van der Waals surface area contributed by atoms with E-state index in [1.54, 1.807) is 11.1 Å². The van der Waals surface area contributed by atoms with Crippen molar-refractivity contribution in [3.63, 3.8) is 0 Å². The zero-order valence-electron chi connectivity index (χ0n) is 17.7. The summed E-state index contributed by atoms with van der Waals surface area (Å²) in [6.45, 7) is 0. The van der Waals surface area contributed by atoms with Gasteiger partial charge in [-0.2, -0.15) is 0 Å². The Morgan fingerprint density at radius 1 is 0.517 bits per heavy atom. The SMILES string of the molecule is C1=C(c2cccc(Sc3cccc(C4=CCCCCCC4)c3)c2)CCCCCC1. The van der Waals surface area contributed by atoms with Gasteiger partial charge in [0.05, 0.1) is 0 Å². The van der Waals surface area contributed by atoms with Gasteiger partial charge in [0, 0.05) is 9.79 Å². The molecule has 4 rings (SSSR count). The second-order valence-corrected chi connectivity index (χ2v) is 9.67. The third-order valence-corrected chi connectivity index (χ3v) is 7.21. The summed E-state index contributed by atoms with van der Waals surface area (Å²) in [5.41, 5.74) is 5.97. The maximum Gasteiger partial charge on any atom is 0.0128 e. The molecule has 152 valence electrons. The lowest BCUT2D eigenvalue weighted by molar-refractivity contribution is 0.643. The van der Waals surface area contributed by atoms with Gasteiger partial charge in [-0.3, -0.25) is 0 Å². The van der Waals surface area contributed by atoms with E-state index in [0.717, 1.165) is 0 Å². The highest BCUT2D eigenvalue weighted by Gasteiger charge is 2.09. The van der Waals surface area contributed by atoms with E-state index in [1.807, 2.05) is 11.8 Å². The molecule has 0 atom stereocenters. The lowest BCUT2D eigenvalue weighted by Crippen LogP contribution is -1.91. The smallest absolute Gasteiger partial charge is 0.0128 e. The number of hydrogen-bond donors (Lipinski definition) is 0. The van der Waals surface area contributed by atoms with Crippen molar-refractivity contribution in [2.45, 2.75) is 86.8 Å². The maximum absolute atomic E-state index is 2.49. The Bertz CT molecular complexity index is 787. The molecule has 0 heterocycles. The van der Waals surface area contributed by atoms with Gasteiger partial charge in [0.1, 0.15) is 0 Å². The first-order chi connectivity index (χ1) is 14.4. The molecule has 2 aromatic rings. The van der Waals surface area contributed by atoms with E-state index < -0.39 is 0 Å². The van der Waals surface area contributed by atoms with Gasteiger partial charge in [0.15, 0.2) is 0 Å². The molecule has 0 aromatic heterocycles. The highest BCUT2D eigenvalue weighted by Crippen LogP contribution is 2.34. The molecular formula is C28H34S. The average Bonchev–Trinajstić information content (AvgIpc) is 2.68. The fraction of sp³-hybridized carbons (Fsp3) is 0.429. The molecule has 0 nitrogen and oxygen atoms in total. The van der Waals surface area contributed by atoms with Crippen LogP contribution in [0.3, 0.4) is 0 Å². The topological polar surface area (TPSA) is 0 Å². The first-order valence-electron chi connectivity index (χ1n) is 11.7. The predicted molar refractivity (Wildman–Crippen MR) is 128 cm³/mol. The van der Waals surface area contributed by atoms with Gasteiger partial charge in [-0.1, -0.05) is 73.9 Å². The van der Waals surface area contributed by atoms with Crippen LogP contribution in [0.1, 0.15) is 88.2 Å². The molecule has 0 amide bonds. The minimum Gasteiger partial charge on any atom is -0.0901 e. The number of benzene rings is 2. The van der Waals surface area contributed by atoms with Crippen LogP contribution in [0.15, 0.2) is 70.5 Å². The quantitative estimate of drug-likeness (QED) is 0.491. The largest absolute Gasteiger partial charge is 0.0901 e. The molecule has 0 saturated carbocycles. The number of hydrogen-bond acceptors (Lipinski definition) is 1. The summed E-state index contributed by atoms with van der Waals surface area (Å²) in [5.74, 6) is 0. The maximum atomic E-state index is 2.49. The molecule has 2 aromatic carbocycles. The highest BCUT2D eigenvalue weighted by atomic mass is 32.2. The van der Waals surface area contributed by atoms with Crippen molar-refractivity contribution < 1.29 is 0 Å². The lowest BCUT2D eigenvalue weighted by Gasteiger charge is -2.14. The Labute approximate surface area is 181 Å². The van der Waals surface area contributed by atoms with Crippen LogP contribution in [-0.2, 0) is 0 Å². The molecule has 2 aliphatic carbocycles. The Balaban J connectivity index is 1.51. The highest BCUT2D eigenvalue weighted by molar-refractivity contribution is 7.99. The fourth-order valence-corrected chi connectivity index (χ4v) is 5.50. The third-order valence-electron chi connectivity index (χ3n) is 6.23. The van der Waals surface area contributed by atoms with Crippen LogP contribution in [0.5, 0.6) is 0 Å². The summed E-state index contributed by atoms with van der Waals surface area (Å²) in [4.78, 5) is 2.71. The molecule has 0 bridgehead atoms. The van der Waals surface area contributed by atoms with Crippen molar-refractivity contribution in [1.82, 2.24) is 0 Å². The fourth-order valence-electron chi connectivity index (χ4n) is 4.56. The number of rotatable bonds is 4. The van der Waals surface area contributed by atoms with Gasteiger partial charge >= 0.3 is 0 Å². The van der Waals surface area contributed by atoms with Crippen molar-refractivity contribution in [2.24, 2.45) is 0 Å². The molecular weight excluding hydrogens is 368 g/mol. The Morgan fingerprint density at radius 3 is 1.52 bits per heavy atom. The van der Waals surface area contributed by atoms with Crippen molar-refractivity contribution >= 4 is 22.9 Å². The predicted octanol–water partition coefficient (Wildman–Crippen LogP) is 9.31. The third kappa shape index (κ3) is 6.12. The van der Waals surface area contributed by atoms with Gasteiger partial charge < -0.3 is 0 Å². The summed E-state index contributed by atoms with van der Waals surface area (Å²) in [5, 5.41) is 0. The summed E-state index contributed by atoms with van der Waals surface area (Å²) >= 11 is 1.91. The van der Waals surface area contributed by atoms with Crippen LogP contribution in [0.25, 0.3) is 11.1 Å². The molecule has 0 fully saturated rings. The zero-order valence-corrected chi connectivity index (χ0v) is 18.5. The van der Waals surface area contributed by atoms with Gasteiger partial charge in [-0.25, -0.2) is 0 Å². The van der Waals surface area contributed by atoms with Crippen LogP contribution in [0.4, 0.5) is 0 Å². The molecule has 0 spiro atoms. The second kappa shape index (κ2) is 10.9. The lowest BCUT2D eigenvalue weighted by atomic mass is 9.95. The first-order valence-corrected chi connectivity index (χ1v) is 12.5. The minimum absolute atomic E-state index is 1.23. The molecule has 0 unspecified atom stereocenters. The van der Waals surface area contributed by atoms with Gasteiger partial charge in [-0.05, 0) is 97.9 Å². The van der Waals surface area contributed by atoms with Crippen LogP contribution in [0.2, 0.25) is 0 Å². The van der Waals surface area contributed by atoms with Crippen molar-refractivity contribution in [2.75, 3.05) is 0 Å². The molecule has 0 N–H and O–H groups in total. The van der Waals surface area contributed by atoms with Gasteiger partial charge in [0.2, 0.25) is 0 Å². The van der Waals surface area contributed by atoms with E-state index in [9.17, 15) is 0 Å². The molecule has 29 heavy (non-hydrogen) atoms. The summed E-state index contributed by atoms with van der Waals surface area (Å²) in [7, 11) is 0. The Morgan fingerprint density at radius 2 is 1.00 bits per heavy atom. The molecule has 2 aliphatic rings. The normalized spacial score (nSPS) is 18.6. The summed E-state index contributed by atoms with van der Waals surface area (Å²) < 4.78 is 0. The summed E-state index contributed by atoms with van der Waals surface area (Å²) in [6.07, 6.45) is 20.8. The minimum atomic E-state index is 1.23. The van der Waals surface area contributed by atoms with E-state index in [4.69, 9.17) is 0 Å². The van der Waals surface area contributed by atoms with Crippen LogP contribution in [0, 0.1) is 0 Å². The number of allylic oxidation sites excluding steroid dienone is 4. The van der Waals surface area contributed by atoms with Gasteiger partial charge in [-0.15, -0.1) is 0 Å².